The molecule has 0 spiro atoms. The van der Waals surface area contributed by atoms with Crippen LogP contribution in [0.5, 0.6) is 0 Å². The zero-order valence-electron chi connectivity index (χ0n) is 8.43. The zero-order valence-corrected chi connectivity index (χ0v) is 10.8. The molecule has 1 amide bonds. The van der Waals surface area contributed by atoms with Gasteiger partial charge in [-0.1, -0.05) is 15.9 Å². The second-order valence-corrected chi connectivity index (χ2v) is 6.80. The molecule has 1 rings (SSSR count). The predicted octanol–water partition coefficient (Wildman–Crippen LogP) is 2.24. The van der Waals surface area contributed by atoms with Crippen LogP contribution >= 0.6 is 27.3 Å². The third-order valence-electron chi connectivity index (χ3n) is 1.63. The topological polar surface area (TPSA) is 42.0 Å². The first-order valence-electron chi connectivity index (χ1n) is 4.28. The zero-order chi connectivity index (χ0) is 10.8. The van der Waals surface area contributed by atoms with Gasteiger partial charge in [-0.2, -0.15) is 0 Å². The number of thiazole rings is 1. The highest BCUT2D eigenvalue weighted by atomic mass is 79.9. The molecule has 0 saturated carbocycles. The maximum atomic E-state index is 11.5. The minimum atomic E-state index is -0.507. The van der Waals surface area contributed by atoms with E-state index < -0.39 is 4.32 Å². The van der Waals surface area contributed by atoms with Crippen molar-refractivity contribution in [3.05, 3.63) is 16.1 Å². The Hall–Kier alpha value is -0.420. The van der Waals surface area contributed by atoms with Crippen LogP contribution in [0.15, 0.2) is 6.20 Å². The quantitative estimate of drug-likeness (QED) is 0.861. The second-order valence-electron chi connectivity index (χ2n) is 3.50. The summed E-state index contributed by atoms with van der Waals surface area (Å²) in [6.45, 7) is 6.14. The molecule has 0 atom stereocenters. The van der Waals surface area contributed by atoms with Gasteiger partial charge in [0, 0.05) is 11.1 Å². The molecule has 0 radical (unpaired) electrons. The molecule has 0 aliphatic heterocycles. The number of aryl methyl sites for hydroxylation is 1. The molecule has 1 aromatic heterocycles. The minimum Gasteiger partial charge on any atom is -0.350 e. The fourth-order valence-electron chi connectivity index (χ4n) is 0.865. The summed E-state index contributed by atoms with van der Waals surface area (Å²) in [7, 11) is 0. The van der Waals surface area contributed by atoms with Crippen LogP contribution in [0.2, 0.25) is 0 Å². The lowest BCUT2D eigenvalue weighted by atomic mass is 10.2. The number of carbonyl (C=O) groups excluding carboxylic acids is 1. The molecule has 0 saturated heterocycles. The molecule has 3 nitrogen and oxygen atoms in total. The van der Waals surface area contributed by atoms with Gasteiger partial charge in [-0.25, -0.2) is 4.98 Å². The van der Waals surface area contributed by atoms with Crippen molar-refractivity contribution < 1.29 is 4.79 Å². The Balaban J connectivity index is 2.46. The molecule has 78 valence electrons. The number of carbonyl (C=O) groups is 1. The molecule has 0 fully saturated rings. The smallest absolute Gasteiger partial charge is 0.236 e. The van der Waals surface area contributed by atoms with Crippen LogP contribution < -0.4 is 5.32 Å². The van der Waals surface area contributed by atoms with Crippen molar-refractivity contribution in [2.24, 2.45) is 0 Å². The lowest BCUT2D eigenvalue weighted by molar-refractivity contribution is -0.122. The number of amides is 1. The Bertz CT molecular complexity index is 330. The lowest BCUT2D eigenvalue weighted by Gasteiger charge is -2.14. The summed E-state index contributed by atoms with van der Waals surface area (Å²) in [6, 6.07) is 0. The highest BCUT2D eigenvalue weighted by molar-refractivity contribution is 9.10. The van der Waals surface area contributed by atoms with E-state index in [0.29, 0.717) is 6.54 Å². The minimum absolute atomic E-state index is 0.0106. The first kappa shape index (κ1) is 11.7. The molecule has 1 aromatic rings. The number of rotatable bonds is 3. The third-order valence-corrected chi connectivity index (χ3v) is 2.91. The van der Waals surface area contributed by atoms with Crippen molar-refractivity contribution >= 4 is 33.2 Å². The molecular weight excluding hydrogens is 264 g/mol. The van der Waals surface area contributed by atoms with Gasteiger partial charge in [-0.05, 0) is 20.8 Å². The van der Waals surface area contributed by atoms with Gasteiger partial charge in [0.05, 0.1) is 15.9 Å². The first-order chi connectivity index (χ1) is 6.39. The third kappa shape index (κ3) is 3.38. The molecule has 1 heterocycles. The highest BCUT2D eigenvalue weighted by Gasteiger charge is 2.22. The van der Waals surface area contributed by atoms with Gasteiger partial charge in [-0.3, -0.25) is 4.79 Å². The molecule has 0 bridgehead atoms. The Morgan fingerprint density at radius 3 is 2.79 bits per heavy atom. The summed E-state index contributed by atoms with van der Waals surface area (Å²) in [5, 5.41) is 3.86. The summed E-state index contributed by atoms with van der Waals surface area (Å²) in [5.41, 5.74) is 0. The number of halogens is 1. The Kier molecular flexibility index (Phi) is 3.66. The average Bonchev–Trinajstić information content (AvgIpc) is 2.45. The van der Waals surface area contributed by atoms with Gasteiger partial charge in [0.1, 0.15) is 0 Å². The molecule has 14 heavy (non-hydrogen) atoms. The number of hydrogen-bond donors (Lipinski definition) is 1. The normalized spacial score (nSPS) is 11.4. The fourth-order valence-corrected chi connectivity index (χ4v) is 1.74. The monoisotopic (exact) mass is 276 g/mol. The Morgan fingerprint density at radius 2 is 2.36 bits per heavy atom. The van der Waals surface area contributed by atoms with E-state index in [0.717, 1.165) is 9.88 Å². The number of alkyl halides is 1. The van der Waals surface area contributed by atoms with Crippen molar-refractivity contribution in [1.82, 2.24) is 10.3 Å². The summed E-state index contributed by atoms with van der Waals surface area (Å²) in [5.74, 6) is -0.0106. The SMILES string of the molecule is Cc1ncc(CNC(=O)C(C)(C)Br)s1. The van der Waals surface area contributed by atoms with Crippen molar-refractivity contribution in [2.45, 2.75) is 31.6 Å². The van der Waals surface area contributed by atoms with Crippen molar-refractivity contribution in [3.63, 3.8) is 0 Å². The van der Waals surface area contributed by atoms with E-state index in [4.69, 9.17) is 0 Å². The number of nitrogens with zero attached hydrogens (tertiary/aromatic N) is 1. The van der Waals surface area contributed by atoms with Crippen LogP contribution in [0.25, 0.3) is 0 Å². The second kappa shape index (κ2) is 4.40. The first-order valence-corrected chi connectivity index (χ1v) is 5.89. The van der Waals surface area contributed by atoms with E-state index in [1.165, 1.54) is 0 Å². The largest absolute Gasteiger partial charge is 0.350 e. The van der Waals surface area contributed by atoms with Crippen LogP contribution in [0, 0.1) is 6.92 Å². The molecule has 0 aromatic carbocycles. The van der Waals surface area contributed by atoms with E-state index >= 15 is 0 Å². The average molecular weight is 277 g/mol. The predicted molar refractivity (Wildman–Crippen MR) is 61.7 cm³/mol. The Morgan fingerprint density at radius 1 is 1.71 bits per heavy atom. The summed E-state index contributed by atoms with van der Waals surface area (Å²) < 4.78 is -0.507. The van der Waals surface area contributed by atoms with Crippen LogP contribution in [0.3, 0.4) is 0 Å². The molecule has 5 heteroatoms. The maximum Gasteiger partial charge on any atom is 0.236 e. The number of nitrogens with one attached hydrogen (secondary N) is 1. The van der Waals surface area contributed by atoms with Crippen LogP contribution in [0.4, 0.5) is 0 Å². The summed E-state index contributed by atoms with van der Waals surface area (Å²) in [4.78, 5) is 16.7. The van der Waals surface area contributed by atoms with Crippen LogP contribution in [0.1, 0.15) is 23.7 Å². The van der Waals surface area contributed by atoms with Gasteiger partial charge >= 0.3 is 0 Å². The van der Waals surface area contributed by atoms with Crippen molar-refractivity contribution in [2.75, 3.05) is 0 Å². The standard InChI is InChI=1S/C9H13BrN2OS/c1-6-11-4-7(14-6)5-12-8(13)9(2,3)10/h4H,5H2,1-3H3,(H,12,13). The van der Waals surface area contributed by atoms with E-state index in [1.54, 1.807) is 17.5 Å². The van der Waals surface area contributed by atoms with Gasteiger partial charge < -0.3 is 5.32 Å². The van der Waals surface area contributed by atoms with E-state index in [-0.39, 0.29) is 5.91 Å². The van der Waals surface area contributed by atoms with Gasteiger partial charge in [-0.15, -0.1) is 11.3 Å². The van der Waals surface area contributed by atoms with Crippen molar-refractivity contribution in [1.29, 1.82) is 0 Å². The lowest BCUT2D eigenvalue weighted by Crippen LogP contribution is -2.36. The molecule has 1 N–H and O–H groups in total. The Labute approximate surface area is 96.1 Å². The molecule has 0 unspecified atom stereocenters. The van der Waals surface area contributed by atoms with Crippen molar-refractivity contribution in [3.8, 4) is 0 Å². The molecular formula is C9H13BrN2OS. The molecule has 0 aliphatic rings. The van der Waals surface area contributed by atoms with Gasteiger partial charge in [0.2, 0.25) is 5.91 Å². The highest BCUT2D eigenvalue weighted by Crippen LogP contribution is 2.16. The van der Waals surface area contributed by atoms with Gasteiger partial charge in [0.15, 0.2) is 0 Å². The number of aromatic nitrogens is 1. The van der Waals surface area contributed by atoms with Crippen LogP contribution in [-0.2, 0) is 11.3 Å². The summed E-state index contributed by atoms with van der Waals surface area (Å²) in [6.07, 6.45) is 1.79. The summed E-state index contributed by atoms with van der Waals surface area (Å²) >= 11 is 4.90. The van der Waals surface area contributed by atoms with Gasteiger partial charge in [0.25, 0.3) is 0 Å². The van der Waals surface area contributed by atoms with E-state index in [2.05, 4.69) is 26.2 Å². The van der Waals surface area contributed by atoms with E-state index in [1.807, 2.05) is 20.8 Å². The molecule has 0 aliphatic carbocycles. The number of hydrogen-bond acceptors (Lipinski definition) is 3. The van der Waals surface area contributed by atoms with E-state index in [9.17, 15) is 4.79 Å². The maximum absolute atomic E-state index is 11.5. The van der Waals surface area contributed by atoms with Crippen LogP contribution in [-0.4, -0.2) is 15.2 Å². The fraction of sp³-hybridized carbons (Fsp3) is 0.556.